The van der Waals surface area contributed by atoms with Gasteiger partial charge in [0.25, 0.3) is 5.91 Å². The van der Waals surface area contributed by atoms with Crippen molar-refractivity contribution < 1.29 is 4.79 Å². The van der Waals surface area contributed by atoms with E-state index >= 15 is 0 Å². The first-order valence-electron chi connectivity index (χ1n) is 5.58. The van der Waals surface area contributed by atoms with Crippen LogP contribution >= 0.6 is 35.6 Å². The predicted molar refractivity (Wildman–Crippen MR) is 76.8 cm³/mol. The number of rotatable bonds is 1. The average molecular weight is 310 g/mol. The van der Waals surface area contributed by atoms with Gasteiger partial charge in [0.15, 0.2) is 0 Å². The van der Waals surface area contributed by atoms with Gasteiger partial charge in [0, 0.05) is 24.2 Å². The van der Waals surface area contributed by atoms with Crippen molar-refractivity contribution in [1.29, 1.82) is 0 Å². The molecule has 0 aromatic heterocycles. The van der Waals surface area contributed by atoms with Gasteiger partial charge in [-0.2, -0.15) is 0 Å². The number of amides is 1. The van der Waals surface area contributed by atoms with Gasteiger partial charge in [-0.3, -0.25) is 4.79 Å². The van der Waals surface area contributed by atoms with Crippen LogP contribution in [-0.4, -0.2) is 29.9 Å². The van der Waals surface area contributed by atoms with Crippen LogP contribution in [0.1, 0.15) is 23.2 Å². The third-order valence-electron chi connectivity index (χ3n) is 2.91. The number of hydrogen-bond donors (Lipinski definition) is 1. The second-order valence-electron chi connectivity index (χ2n) is 4.28. The first kappa shape index (κ1) is 15.6. The Morgan fingerprint density at radius 3 is 2.72 bits per heavy atom. The molecule has 1 unspecified atom stereocenters. The molecule has 1 aliphatic heterocycles. The Labute approximate surface area is 123 Å². The Bertz CT molecular complexity index is 439. The quantitative estimate of drug-likeness (QED) is 0.867. The summed E-state index contributed by atoms with van der Waals surface area (Å²) >= 11 is 11.8. The molecule has 100 valence electrons. The van der Waals surface area contributed by atoms with Crippen molar-refractivity contribution >= 4 is 41.5 Å². The number of piperidine rings is 1. The van der Waals surface area contributed by atoms with Crippen molar-refractivity contribution in [3.63, 3.8) is 0 Å². The Hall–Kier alpha value is -0.480. The van der Waals surface area contributed by atoms with Gasteiger partial charge in [0.2, 0.25) is 0 Å². The summed E-state index contributed by atoms with van der Waals surface area (Å²) in [5.74, 6) is -0.0678. The molecular formula is C12H15Cl3N2O. The van der Waals surface area contributed by atoms with E-state index in [2.05, 4.69) is 0 Å². The monoisotopic (exact) mass is 308 g/mol. The second kappa shape index (κ2) is 6.62. The minimum Gasteiger partial charge on any atom is -0.337 e. The lowest BCUT2D eigenvalue weighted by Gasteiger charge is -2.31. The van der Waals surface area contributed by atoms with Gasteiger partial charge in [0.1, 0.15) is 0 Å². The van der Waals surface area contributed by atoms with Gasteiger partial charge in [0.05, 0.1) is 10.6 Å². The third kappa shape index (κ3) is 3.51. The number of benzene rings is 1. The number of nitrogens with zero attached hydrogens (tertiary/aromatic N) is 1. The number of carbonyl (C=O) groups is 1. The van der Waals surface area contributed by atoms with Crippen LogP contribution in [0.15, 0.2) is 18.2 Å². The molecule has 1 heterocycles. The Morgan fingerprint density at radius 2 is 2.11 bits per heavy atom. The standard InChI is InChI=1S/C12H14Cl2N2O.ClH/c13-8-3-4-10(11(14)6-8)12(17)16-5-1-2-9(15)7-16;/h3-4,6,9H,1-2,5,7,15H2;1H. The van der Waals surface area contributed by atoms with E-state index < -0.39 is 0 Å². The minimum absolute atomic E-state index is 0. The van der Waals surface area contributed by atoms with E-state index in [1.54, 1.807) is 23.1 Å². The van der Waals surface area contributed by atoms with Crippen LogP contribution in [0.5, 0.6) is 0 Å². The molecule has 2 rings (SSSR count). The fraction of sp³-hybridized carbons (Fsp3) is 0.417. The highest BCUT2D eigenvalue weighted by Gasteiger charge is 2.23. The van der Waals surface area contributed by atoms with Crippen LogP contribution < -0.4 is 5.73 Å². The molecule has 1 fully saturated rings. The van der Waals surface area contributed by atoms with Crippen molar-refractivity contribution in [2.24, 2.45) is 5.73 Å². The molecule has 0 bridgehead atoms. The Morgan fingerprint density at radius 1 is 1.39 bits per heavy atom. The van der Waals surface area contributed by atoms with E-state index in [9.17, 15) is 4.79 Å². The summed E-state index contributed by atoms with van der Waals surface area (Å²) in [7, 11) is 0. The number of hydrogen-bond acceptors (Lipinski definition) is 2. The topological polar surface area (TPSA) is 46.3 Å². The molecule has 0 spiro atoms. The summed E-state index contributed by atoms with van der Waals surface area (Å²) in [6.07, 6.45) is 1.91. The van der Waals surface area contributed by atoms with Crippen LogP contribution in [0.2, 0.25) is 10.0 Å². The lowest BCUT2D eigenvalue weighted by Crippen LogP contribution is -2.45. The van der Waals surface area contributed by atoms with Gasteiger partial charge in [-0.05, 0) is 31.0 Å². The lowest BCUT2D eigenvalue weighted by atomic mass is 10.1. The predicted octanol–water partition coefficient (Wildman–Crippen LogP) is 2.98. The highest BCUT2D eigenvalue weighted by Crippen LogP contribution is 2.23. The van der Waals surface area contributed by atoms with Crippen molar-refractivity contribution in [3.05, 3.63) is 33.8 Å². The fourth-order valence-electron chi connectivity index (χ4n) is 2.03. The fourth-order valence-corrected chi connectivity index (χ4v) is 2.52. The molecule has 6 heteroatoms. The molecule has 2 N–H and O–H groups in total. The van der Waals surface area contributed by atoms with Crippen LogP contribution in [0, 0.1) is 0 Å². The average Bonchev–Trinajstić information content (AvgIpc) is 2.28. The van der Waals surface area contributed by atoms with Gasteiger partial charge in [-0.1, -0.05) is 23.2 Å². The molecule has 1 aromatic rings. The normalized spacial score (nSPS) is 19.3. The van der Waals surface area contributed by atoms with E-state index in [-0.39, 0.29) is 24.4 Å². The Balaban J connectivity index is 0.00000162. The molecule has 0 saturated carbocycles. The smallest absolute Gasteiger partial charge is 0.255 e. The van der Waals surface area contributed by atoms with Crippen LogP contribution in [0.4, 0.5) is 0 Å². The zero-order valence-corrected chi connectivity index (χ0v) is 12.1. The maximum absolute atomic E-state index is 12.2. The van der Waals surface area contributed by atoms with E-state index in [0.29, 0.717) is 22.2 Å². The number of nitrogens with two attached hydrogens (primary N) is 1. The summed E-state index contributed by atoms with van der Waals surface area (Å²) in [5.41, 5.74) is 6.35. The second-order valence-corrected chi connectivity index (χ2v) is 5.12. The molecular weight excluding hydrogens is 295 g/mol. The largest absolute Gasteiger partial charge is 0.337 e. The number of halogens is 3. The molecule has 1 atom stereocenters. The van der Waals surface area contributed by atoms with E-state index in [1.807, 2.05) is 0 Å². The van der Waals surface area contributed by atoms with E-state index in [0.717, 1.165) is 19.4 Å². The zero-order chi connectivity index (χ0) is 12.4. The van der Waals surface area contributed by atoms with Gasteiger partial charge in [-0.25, -0.2) is 0 Å². The van der Waals surface area contributed by atoms with Gasteiger partial charge in [-0.15, -0.1) is 12.4 Å². The molecule has 0 aliphatic carbocycles. The van der Waals surface area contributed by atoms with Crippen molar-refractivity contribution in [1.82, 2.24) is 4.90 Å². The van der Waals surface area contributed by atoms with Gasteiger partial charge < -0.3 is 10.6 Å². The molecule has 18 heavy (non-hydrogen) atoms. The summed E-state index contributed by atoms with van der Waals surface area (Å²) in [4.78, 5) is 14.0. The van der Waals surface area contributed by atoms with Crippen LogP contribution in [-0.2, 0) is 0 Å². The number of carbonyl (C=O) groups excluding carboxylic acids is 1. The zero-order valence-electron chi connectivity index (χ0n) is 9.73. The maximum atomic E-state index is 12.2. The molecule has 1 aromatic carbocycles. The highest BCUT2D eigenvalue weighted by atomic mass is 35.5. The molecule has 1 amide bonds. The minimum atomic E-state index is -0.0678. The van der Waals surface area contributed by atoms with Crippen LogP contribution in [0.25, 0.3) is 0 Å². The van der Waals surface area contributed by atoms with E-state index in [4.69, 9.17) is 28.9 Å². The van der Waals surface area contributed by atoms with Crippen molar-refractivity contribution in [3.8, 4) is 0 Å². The highest BCUT2D eigenvalue weighted by molar-refractivity contribution is 6.36. The summed E-state index contributed by atoms with van der Waals surface area (Å²) in [5, 5.41) is 0.920. The summed E-state index contributed by atoms with van der Waals surface area (Å²) < 4.78 is 0. The van der Waals surface area contributed by atoms with Gasteiger partial charge >= 0.3 is 0 Å². The molecule has 1 saturated heterocycles. The SMILES string of the molecule is Cl.NC1CCCN(C(=O)c2ccc(Cl)cc2Cl)C1. The van der Waals surface area contributed by atoms with Crippen LogP contribution in [0.3, 0.4) is 0 Å². The molecule has 0 radical (unpaired) electrons. The first-order chi connectivity index (χ1) is 8.08. The summed E-state index contributed by atoms with van der Waals surface area (Å²) in [6.45, 7) is 1.34. The van der Waals surface area contributed by atoms with Crippen molar-refractivity contribution in [2.75, 3.05) is 13.1 Å². The molecule has 3 nitrogen and oxygen atoms in total. The van der Waals surface area contributed by atoms with E-state index in [1.165, 1.54) is 0 Å². The number of likely N-dealkylation sites (tertiary alicyclic amines) is 1. The molecule has 1 aliphatic rings. The Kier molecular flexibility index (Phi) is 5.73. The maximum Gasteiger partial charge on any atom is 0.255 e. The summed E-state index contributed by atoms with van der Waals surface area (Å²) in [6, 6.07) is 4.98. The lowest BCUT2D eigenvalue weighted by molar-refractivity contribution is 0.0709. The first-order valence-corrected chi connectivity index (χ1v) is 6.33. The third-order valence-corrected chi connectivity index (χ3v) is 3.45. The van der Waals surface area contributed by atoms with Crippen molar-refractivity contribution in [2.45, 2.75) is 18.9 Å².